The Morgan fingerprint density at radius 2 is 2.05 bits per heavy atom. The standard InChI is InChI=1S/C14H14N2O4S/c1-8-7-15-14(21-8)16-13(18)10-4-5-11(20-9(2)17)12(6-10)19-3/h4-7H,1-3H3,(H,15,16,18). The number of aromatic nitrogens is 1. The SMILES string of the molecule is COc1cc(C(=O)Nc2ncc(C)s2)ccc1OC(C)=O. The number of ether oxygens (including phenoxy) is 2. The van der Waals surface area contributed by atoms with Crippen LogP contribution in [0.5, 0.6) is 11.5 Å². The fourth-order valence-electron chi connectivity index (χ4n) is 1.63. The molecule has 0 radical (unpaired) electrons. The highest BCUT2D eigenvalue weighted by Crippen LogP contribution is 2.28. The van der Waals surface area contributed by atoms with E-state index in [0.717, 1.165) is 4.88 Å². The van der Waals surface area contributed by atoms with Crippen molar-refractivity contribution >= 4 is 28.3 Å². The van der Waals surface area contributed by atoms with Gasteiger partial charge in [-0.1, -0.05) is 0 Å². The molecule has 0 unspecified atom stereocenters. The molecule has 0 saturated heterocycles. The number of amides is 1. The summed E-state index contributed by atoms with van der Waals surface area (Å²) in [5, 5.41) is 3.22. The van der Waals surface area contributed by atoms with Crippen molar-refractivity contribution in [3.63, 3.8) is 0 Å². The molecule has 0 aliphatic rings. The Labute approximate surface area is 125 Å². The number of nitrogens with one attached hydrogen (secondary N) is 1. The van der Waals surface area contributed by atoms with Crippen LogP contribution in [0.1, 0.15) is 22.2 Å². The molecule has 0 spiro atoms. The number of methoxy groups -OCH3 is 1. The van der Waals surface area contributed by atoms with Crippen LogP contribution in [0.3, 0.4) is 0 Å². The largest absolute Gasteiger partial charge is 0.493 e. The van der Waals surface area contributed by atoms with Crippen LogP contribution in [-0.4, -0.2) is 24.0 Å². The van der Waals surface area contributed by atoms with E-state index in [-0.39, 0.29) is 11.7 Å². The van der Waals surface area contributed by atoms with E-state index in [1.807, 2.05) is 6.92 Å². The molecule has 0 aliphatic heterocycles. The fraction of sp³-hybridized carbons (Fsp3) is 0.214. The summed E-state index contributed by atoms with van der Waals surface area (Å²) in [7, 11) is 1.44. The lowest BCUT2D eigenvalue weighted by atomic mass is 10.2. The second-order valence-electron chi connectivity index (χ2n) is 4.19. The van der Waals surface area contributed by atoms with Crippen LogP contribution in [0.2, 0.25) is 0 Å². The zero-order chi connectivity index (χ0) is 15.4. The molecule has 110 valence electrons. The van der Waals surface area contributed by atoms with Gasteiger partial charge in [0.1, 0.15) is 0 Å². The van der Waals surface area contributed by atoms with E-state index in [4.69, 9.17) is 9.47 Å². The number of aryl methyl sites for hydroxylation is 1. The van der Waals surface area contributed by atoms with E-state index in [1.165, 1.54) is 37.5 Å². The number of carbonyl (C=O) groups excluding carboxylic acids is 2. The summed E-state index contributed by atoms with van der Waals surface area (Å²) >= 11 is 1.39. The second kappa shape index (κ2) is 6.36. The number of nitrogens with zero attached hydrogens (tertiary/aromatic N) is 1. The van der Waals surface area contributed by atoms with Crippen molar-refractivity contribution in [3.8, 4) is 11.5 Å². The van der Waals surface area contributed by atoms with Crippen molar-refractivity contribution in [1.29, 1.82) is 0 Å². The minimum Gasteiger partial charge on any atom is -0.493 e. The van der Waals surface area contributed by atoms with E-state index in [9.17, 15) is 9.59 Å². The number of rotatable bonds is 4. The number of hydrogen-bond donors (Lipinski definition) is 1. The highest BCUT2D eigenvalue weighted by atomic mass is 32.1. The summed E-state index contributed by atoms with van der Waals surface area (Å²) < 4.78 is 10.1. The van der Waals surface area contributed by atoms with Crippen LogP contribution >= 0.6 is 11.3 Å². The van der Waals surface area contributed by atoms with Gasteiger partial charge in [-0.05, 0) is 25.1 Å². The number of carbonyl (C=O) groups is 2. The van der Waals surface area contributed by atoms with Crippen LogP contribution < -0.4 is 14.8 Å². The summed E-state index contributed by atoms with van der Waals surface area (Å²) in [6.45, 7) is 3.20. The maximum atomic E-state index is 12.1. The Morgan fingerprint density at radius 1 is 1.29 bits per heavy atom. The molecule has 1 heterocycles. The molecule has 0 aliphatic carbocycles. The van der Waals surface area contributed by atoms with Gasteiger partial charge in [-0.3, -0.25) is 14.9 Å². The maximum absolute atomic E-state index is 12.1. The van der Waals surface area contributed by atoms with Gasteiger partial charge in [0.15, 0.2) is 16.6 Å². The minimum absolute atomic E-state index is 0.270. The van der Waals surface area contributed by atoms with Crippen molar-refractivity contribution in [2.24, 2.45) is 0 Å². The molecule has 1 N–H and O–H groups in total. The van der Waals surface area contributed by atoms with Crippen LogP contribution in [0.4, 0.5) is 5.13 Å². The van der Waals surface area contributed by atoms with E-state index < -0.39 is 5.97 Å². The average Bonchev–Trinajstić information content (AvgIpc) is 2.83. The third-order valence-corrected chi connectivity index (χ3v) is 3.35. The first-order valence-electron chi connectivity index (χ1n) is 6.10. The molecule has 1 amide bonds. The molecule has 1 aromatic carbocycles. The first-order chi connectivity index (χ1) is 9.99. The first kappa shape index (κ1) is 15.0. The van der Waals surface area contributed by atoms with Crippen molar-refractivity contribution < 1.29 is 19.1 Å². The Morgan fingerprint density at radius 3 is 2.62 bits per heavy atom. The molecule has 0 saturated carbocycles. The Hall–Kier alpha value is -2.41. The average molecular weight is 306 g/mol. The van der Waals surface area contributed by atoms with Crippen LogP contribution in [-0.2, 0) is 4.79 Å². The minimum atomic E-state index is -0.455. The molecule has 21 heavy (non-hydrogen) atoms. The van der Waals surface area contributed by atoms with E-state index in [1.54, 1.807) is 12.3 Å². The second-order valence-corrected chi connectivity index (χ2v) is 5.42. The number of esters is 1. The molecule has 1 aromatic heterocycles. The third-order valence-electron chi connectivity index (χ3n) is 2.52. The summed E-state index contributed by atoms with van der Waals surface area (Å²) in [4.78, 5) is 28.2. The molecule has 7 heteroatoms. The zero-order valence-electron chi connectivity index (χ0n) is 11.8. The number of benzene rings is 1. The smallest absolute Gasteiger partial charge is 0.308 e. The molecule has 0 bridgehead atoms. The van der Waals surface area contributed by atoms with Gasteiger partial charge in [-0.2, -0.15) is 0 Å². The lowest BCUT2D eigenvalue weighted by Crippen LogP contribution is -2.12. The molecule has 6 nitrogen and oxygen atoms in total. The lowest BCUT2D eigenvalue weighted by Gasteiger charge is -2.09. The highest BCUT2D eigenvalue weighted by molar-refractivity contribution is 7.15. The number of anilines is 1. The summed E-state index contributed by atoms with van der Waals surface area (Å²) in [6, 6.07) is 4.58. The van der Waals surface area contributed by atoms with Gasteiger partial charge in [0.25, 0.3) is 5.91 Å². The summed E-state index contributed by atoms with van der Waals surface area (Å²) in [5.74, 6) is -0.180. The molecule has 2 aromatic rings. The van der Waals surface area contributed by atoms with E-state index in [2.05, 4.69) is 10.3 Å². The van der Waals surface area contributed by atoms with Crippen molar-refractivity contribution in [3.05, 3.63) is 34.8 Å². The molecular weight excluding hydrogens is 292 g/mol. The first-order valence-corrected chi connectivity index (χ1v) is 6.91. The van der Waals surface area contributed by atoms with Gasteiger partial charge in [-0.15, -0.1) is 11.3 Å². The molecule has 2 rings (SSSR count). The summed E-state index contributed by atoms with van der Waals surface area (Å²) in [6.07, 6.45) is 1.69. The Bertz CT molecular complexity index is 681. The Balaban J connectivity index is 2.19. The van der Waals surface area contributed by atoms with E-state index in [0.29, 0.717) is 16.4 Å². The fourth-order valence-corrected chi connectivity index (χ4v) is 2.29. The summed E-state index contributed by atoms with van der Waals surface area (Å²) in [5.41, 5.74) is 0.385. The van der Waals surface area contributed by atoms with Crippen LogP contribution in [0.15, 0.2) is 24.4 Å². The van der Waals surface area contributed by atoms with Crippen LogP contribution in [0.25, 0.3) is 0 Å². The van der Waals surface area contributed by atoms with Gasteiger partial charge in [0.2, 0.25) is 0 Å². The molecule has 0 atom stereocenters. The molecular formula is C14H14N2O4S. The topological polar surface area (TPSA) is 77.5 Å². The van der Waals surface area contributed by atoms with Crippen molar-refractivity contribution in [2.45, 2.75) is 13.8 Å². The van der Waals surface area contributed by atoms with Gasteiger partial charge < -0.3 is 9.47 Å². The monoisotopic (exact) mass is 306 g/mol. The van der Waals surface area contributed by atoms with Gasteiger partial charge in [0.05, 0.1) is 7.11 Å². The number of thiazole rings is 1. The predicted molar refractivity (Wildman–Crippen MR) is 79.1 cm³/mol. The third kappa shape index (κ3) is 3.79. The molecule has 0 fully saturated rings. The van der Waals surface area contributed by atoms with E-state index >= 15 is 0 Å². The maximum Gasteiger partial charge on any atom is 0.308 e. The van der Waals surface area contributed by atoms with Crippen LogP contribution in [0, 0.1) is 6.92 Å². The lowest BCUT2D eigenvalue weighted by molar-refractivity contribution is -0.132. The van der Waals surface area contributed by atoms with Crippen molar-refractivity contribution in [1.82, 2.24) is 4.98 Å². The predicted octanol–water partition coefficient (Wildman–Crippen LogP) is 2.64. The van der Waals surface area contributed by atoms with Gasteiger partial charge >= 0.3 is 5.97 Å². The van der Waals surface area contributed by atoms with Crippen molar-refractivity contribution in [2.75, 3.05) is 12.4 Å². The normalized spacial score (nSPS) is 10.0. The zero-order valence-corrected chi connectivity index (χ0v) is 12.6. The Kier molecular flexibility index (Phi) is 4.54. The quantitative estimate of drug-likeness (QED) is 0.694. The highest BCUT2D eigenvalue weighted by Gasteiger charge is 2.13. The number of hydrogen-bond acceptors (Lipinski definition) is 6. The van der Waals surface area contributed by atoms with Gasteiger partial charge in [-0.25, -0.2) is 4.98 Å². The van der Waals surface area contributed by atoms with Gasteiger partial charge in [0, 0.05) is 23.6 Å².